The molecule has 11 heterocycles. The number of pyridine rings is 3. The van der Waals surface area contributed by atoms with Gasteiger partial charge >= 0.3 is 0 Å². The number of carbonyl (C=O) groups is 2. The second kappa shape index (κ2) is 67.8. The molecule has 2 amide bonds. The lowest BCUT2D eigenvalue weighted by molar-refractivity contribution is -0.118. The molecule has 646 valence electrons. The van der Waals surface area contributed by atoms with Crippen molar-refractivity contribution in [3.8, 4) is 17.2 Å². The summed E-state index contributed by atoms with van der Waals surface area (Å²) in [7, 11) is 0. The summed E-state index contributed by atoms with van der Waals surface area (Å²) in [5, 5.41) is 14.5. The van der Waals surface area contributed by atoms with Crippen LogP contribution in [-0.4, -0.2) is 86.7 Å². The van der Waals surface area contributed by atoms with Gasteiger partial charge in [-0.3, -0.25) is 29.6 Å². The Morgan fingerprint density at radius 2 is 0.857 bits per heavy atom. The van der Waals surface area contributed by atoms with Crippen molar-refractivity contribution in [3.05, 3.63) is 257 Å². The first-order valence-electron chi connectivity index (χ1n) is 43.8. The van der Waals surface area contributed by atoms with Crippen molar-refractivity contribution in [2.45, 2.75) is 251 Å². The number of carbonyl (C=O) groups excluding carboxylic acids is 2. The van der Waals surface area contributed by atoms with Gasteiger partial charge in [-0.15, -0.1) is 11.3 Å². The lowest BCUT2D eigenvalue weighted by Gasteiger charge is -2.18. The van der Waals surface area contributed by atoms with Crippen molar-refractivity contribution in [1.82, 2.24) is 55.1 Å². The lowest BCUT2D eigenvalue weighted by Crippen LogP contribution is -2.25. The molecule has 6 aromatic carbocycles. The van der Waals surface area contributed by atoms with Gasteiger partial charge in [0.05, 0.1) is 62.4 Å². The number of benzene rings is 6. The summed E-state index contributed by atoms with van der Waals surface area (Å²) in [5.41, 5.74) is 23.5. The molecule has 17 rings (SSSR count). The lowest BCUT2D eigenvalue weighted by atomic mass is 10.1. The van der Waals surface area contributed by atoms with Crippen LogP contribution in [0.4, 0.5) is 11.4 Å². The summed E-state index contributed by atoms with van der Waals surface area (Å²) in [5.74, 6) is 2.56. The van der Waals surface area contributed by atoms with Gasteiger partial charge in [0.15, 0.2) is 23.8 Å². The zero-order chi connectivity index (χ0) is 89.1. The van der Waals surface area contributed by atoms with E-state index in [1.54, 1.807) is 42.5 Å². The van der Waals surface area contributed by atoms with Crippen molar-refractivity contribution < 1.29 is 23.8 Å². The first-order chi connectivity index (χ1) is 58.4. The molecule has 0 aliphatic carbocycles. The fourth-order valence-corrected chi connectivity index (χ4v) is 11.2. The van der Waals surface area contributed by atoms with E-state index in [-0.39, 0.29) is 18.4 Å². The molecule has 3 aliphatic heterocycles. The molecule has 8 aromatic heterocycles. The van der Waals surface area contributed by atoms with Gasteiger partial charge in [-0.1, -0.05) is 235 Å². The van der Waals surface area contributed by atoms with Crippen molar-refractivity contribution >= 4 is 88.9 Å². The highest BCUT2D eigenvalue weighted by Gasteiger charge is 2.18. The molecule has 0 saturated heterocycles. The van der Waals surface area contributed by atoms with E-state index in [1.165, 1.54) is 60.2 Å². The highest BCUT2D eigenvalue weighted by Crippen LogP contribution is 2.32. The number of hydrogen-bond donors (Lipinski definition) is 5. The zero-order valence-electron chi connectivity index (χ0n) is 77.3. The topological polar surface area (TPSA) is 236 Å². The van der Waals surface area contributed by atoms with Crippen LogP contribution in [-0.2, 0) is 73.8 Å². The first-order valence-corrected chi connectivity index (χ1v) is 44.7. The van der Waals surface area contributed by atoms with Crippen molar-refractivity contribution in [3.63, 3.8) is 0 Å². The average molecular weight is 1640 g/mol. The maximum absolute atomic E-state index is 11.0. The molecular formula is C100H145N13O5S. The van der Waals surface area contributed by atoms with E-state index < -0.39 is 0 Å². The molecule has 5 N–H and O–H groups in total. The van der Waals surface area contributed by atoms with E-state index >= 15 is 0 Å². The maximum atomic E-state index is 11.0. The molecule has 0 unspecified atom stereocenters. The highest BCUT2D eigenvalue weighted by atomic mass is 32.1. The number of thiazole rings is 1. The Balaban J connectivity index is 0.00000129. The smallest absolute Gasteiger partial charge is 0.262 e. The number of imidazole rings is 1. The van der Waals surface area contributed by atoms with E-state index in [0.29, 0.717) is 19.6 Å². The summed E-state index contributed by atoms with van der Waals surface area (Å²) in [6.07, 6.45) is 26.3. The third-order valence-corrected chi connectivity index (χ3v) is 17.5. The molecule has 19 heteroatoms. The third kappa shape index (κ3) is 38.8. The number of rotatable bonds is 9. The predicted octanol–water partition coefficient (Wildman–Crippen LogP) is 27.0. The minimum absolute atomic E-state index is 0.0863. The van der Waals surface area contributed by atoms with Gasteiger partial charge in [-0.25, -0.2) is 19.9 Å². The minimum atomic E-state index is -0.0863. The molecule has 0 bridgehead atoms. The van der Waals surface area contributed by atoms with E-state index in [1.807, 2.05) is 210 Å². The van der Waals surface area contributed by atoms with Gasteiger partial charge in [-0.2, -0.15) is 5.10 Å². The van der Waals surface area contributed by atoms with Crippen LogP contribution in [0.3, 0.4) is 0 Å². The Bertz CT molecular complexity index is 4600. The summed E-state index contributed by atoms with van der Waals surface area (Å²) >= 11 is 1.70. The number of nitrogens with zero attached hydrogens (tertiary/aromatic N) is 8. The molecule has 0 saturated carbocycles. The molecule has 0 fully saturated rings. The van der Waals surface area contributed by atoms with Crippen LogP contribution in [0.5, 0.6) is 17.2 Å². The number of aromatic amines is 3. The second-order valence-electron chi connectivity index (χ2n) is 23.6. The van der Waals surface area contributed by atoms with Crippen LogP contribution >= 0.6 is 11.3 Å². The summed E-state index contributed by atoms with van der Waals surface area (Å²) in [4.78, 5) is 57.3. The standard InChI is InChI=1S/C10H10N2.C10H11NO2.C10H11NO.C10H12O2.2C9H10N2.C9H9NS.C8H9N3.C7H9N.9C2H6/c1-2-8-3-4-9-10(7-8)12-6-5-11-9;1-2-7-3-4-8-9(5-7)13-6-10(12)11-8;1-2-7-3-4-9-8(5-7)6-10(12)11-9;1-2-8-3-4-9-10(7-8)12-6-5-11-9;1-2-7-5-8-3-4-10-9(8)11-6-7;1-2-7-3-4-8-9(5-7)11-6-10-8;1-2-7-3-4-9-8(5-7)10-6-11-9;1-2-6-3-7-5-10-11-8(7)9-4-6;1-2-7-4-3-5-8-6-7;9*1-2/h3-7H,2H2,1H3;3-5H,2,6H2,1H3,(H,11,12);3-5H,2,6H2,1H3,(H,11,12);3-4,7H,2,5-6H2,1H3;2*3-6H,2H2,1H3,(H,10,11);3-6H,2H2,1H3;3-5H,2H2,1H3,(H,9,10,11);3-6H,2H2,1H3;9*1-2H3. The molecule has 0 spiro atoms. The molecular weight excluding hydrogens is 1500 g/mol. The van der Waals surface area contributed by atoms with Crippen LogP contribution in [0, 0.1) is 0 Å². The van der Waals surface area contributed by atoms with Gasteiger partial charge in [0, 0.05) is 59.8 Å². The third-order valence-electron chi connectivity index (χ3n) is 16.7. The largest absolute Gasteiger partial charge is 0.486 e. The number of amides is 2. The van der Waals surface area contributed by atoms with Crippen LogP contribution in [0.15, 0.2) is 201 Å². The number of fused-ring (bicyclic) bond motifs is 8. The van der Waals surface area contributed by atoms with E-state index in [4.69, 9.17) is 14.2 Å². The molecule has 14 aromatic rings. The first kappa shape index (κ1) is 108. The monoisotopic (exact) mass is 1640 g/mol. The van der Waals surface area contributed by atoms with Crippen LogP contribution in [0.25, 0.3) is 54.4 Å². The Labute approximate surface area is 718 Å². The Morgan fingerprint density at radius 1 is 0.361 bits per heavy atom. The second-order valence-corrected chi connectivity index (χ2v) is 24.5. The average Bonchev–Trinajstić information content (AvgIpc) is 1.82. The number of ether oxygens (including phenoxy) is 3. The fraction of sp³-hybridized carbons (Fsp3) is 0.400. The Morgan fingerprint density at radius 3 is 1.45 bits per heavy atom. The van der Waals surface area contributed by atoms with Gasteiger partial charge in [-0.05, 0) is 204 Å². The van der Waals surface area contributed by atoms with Crippen LogP contribution in [0.1, 0.15) is 243 Å². The van der Waals surface area contributed by atoms with E-state index in [9.17, 15) is 9.59 Å². The zero-order valence-corrected chi connectivity index (χ0v) is 78.1. The predicted molar refractivity (Wildman–Crippen MR) is 513 cm³/mol. The van der Waals surface area contributed by atoms with Gasteiger partial charge < -0.3 is 34.8 Å². The van der Waals surface area contributed by atoms with E-state index in [0.717, 1.165) is 136 Å². The van der Waals surface area contributed by atoms with Gasteiger partial charge in [0.25, 0.3) is 5.91 Å². The molecule has 0 radical (unpaired) electrons. The van der Waals surface area contributed by atoms with Crippen molar-refractivity contribution in [2.75, 3.05) is 30.5 Å². The summed E-state index contributed by atoms with van der Waals surface area (Å²) < 4.78 is 17.4. The molecule has 3 aliphatic rings. The van der Waals surface area contributed by atoms with Crippen LogP contribution < -0.4 is 24.8 Å². The number of hydrogen-bond acceptors (Lipinski definition) is 14. The normalized spacial score (nSPS) is 10.5. The number of aryl methyl sites for hydroxylation is 9. The summed E-state index contributed by atoms with van der Waals surface area (Å²) in [6, 6.07) is 47.4. The SMILES string of the molecule is CC.CC.CC.CC.CC.CC.CC.CC.CC.CCc1ccc2c(c1)CC(=O)N2.CCc1ccc2c(c1)OCC(=O)N2.CCc1ccc2c(c1)OCCO2.CCc1ccc2nc[nH]c2c1.CCc1ccc2nccnc2c1.CCc1ccc2scnc2c1.CCc1cccnc1.CCc1cnc2[nH]ccc2c1.CCc1cnc2[nH]ncc2c1. The number of H-pyrrole nitrogens is 3. The fourth-order valence-electron chi connectivity index (χ4n) is 10.6. The van der Waals surface area contributed by atoms with Gasteiger partial charge in [0.2, 0.25) is 5.91 Å². The molecule has 119 heavy (non-hydrogen) atoms. The summed E-state index contributed by atoms with van der Waals surface area (Å²) in [6.45, 7) is 56.6. The highest BCUT2D eigenvalue weighted by molar-refractivity contribution is 7.16. The van der Waals surface area contributed by atoms with Crippen LogP contribution in [0.2, 0.25) is 0 Å². The number of anilines is 2. The Hall–Kier alpha value is -11.2. The molecule has 0 atom stereocenters. The van der Waals surface area contributed by atoms with Crippen molar-refractivity contribution in [2.24, 2.45) is 0 Å². The maximum Gasteiger partial charge on any atom is 0.262 e. The number of nitrogens with one attached hydrogen (secondary N) is 5. The minimum Gasteiger partial charge on any atom is -0.486 e. The quantitative estimate of drug-likeness (QED) is 0.0905. The van der Waals surface area contributed by atoms with Gasteiger partial charge in [0.1, 0.15) is 24.6 Å². The van der Waals surface area contributed by atoms with Crippen molar-refractivity contribution in [1.29, 1.82) is 0 Å². The number of aromatic nitrogens is 11. The molecule has 18 nitrogen and oxygen atoms in total. The Kier molecular flexibility index (Phi) is 61.4. The van der Waals surface area contributed by atoms with E-state index in [2.05, 4.69) is 213 Å².